The number of ether oxygens (including phenoxy) is 1. The van der Waals surface area contributed by atoms with E-state index in [0.717, 1.165) is 24.0 Å². The number of rotatable bonds is 4. The quantitative estimate of drug-likeness (QED) is 0.790. The predicted octanol–water partition coefficient (Wildman–Crippen LogP) is 1.72. The van der Waals surface area contributed by atoms with Crippen LogP contribution in [0.2, 0.25) is 0 Å². The van der Waals surface area contributed by atoms with Gasteiger partial charge >= 0.3 is 0 Å². The van der Waals surface area contributed by atoms with Crippen molar-refractivity contribution < 1.29 is 4.74 Å². The highest BCUT2D eigenvalue weighted by Gasteiger charge is 2.17. The molecule has 1 aromatic rings. The Morgan fingerprint density at radius 2 is 2.29 bits per heavy atom. The van der Waals surface area contributed by atoms with Gasteiger partial charge in [-0.2, -0.15) is 0 Å². The van der Waals surface area contributed by atoms with E-state index in [1.807, 2.05) is 12.1 Å². The van der Waals surface area contributed by atoms with Gasteiger partial charge in [0.25, 0.3) is 0 Å². The number of hydrogen-bond acceptors (Lipinski definition) is 3. The molecule has 0 unspecified atom stereocenters. The number of nitrogens with zero attached hydrogens (tertiary/aromatic N) is 1. The van der Waals surface area contributed by atoms with Crippen LogP contribution >= 0.6 is 0 Å². The van der Waals surface area contributed by atoms with Gasteiger partial charge in [-0.25, -0.2) is 0 Å². The molecule has 1 fully saturated rings. The van der Waals surface area contributed by atoms with Crippen LogP contribution < -0.4 is 10.5 Å². The molecular weight excluding hydrogens is 176 g/mol. The minimum atomic E-state index is 0.489. The summed E-state index contributed by atoms with van der Waals surface area (Å²) in [5.74, 6) is 1.62. The van der Waals surface area contributed by atoms with Crippen molar-refractivity contribution in [3.63, 3.8) is 0 Å². The molecule has 3 heteroatoms. The molecular formula is C11H16N2O. The normalized spacial score (nSPS) is 16.4. The minimum Gasteiger partial charge on any atom is -0.492 e. The van der Waals surface area contributed by atoms with Crippen LogP contribution in [0.5, 0.6) is 5.75 Å². The van der Waals surface area contributed by atoms with Crippen LogP contribution in [0.25, 0.3) is 0 Å². The van der Waals surface area contributed by atoms with Gasteiger partial charge in [-0.05, 0) is 30.9 Å². The van der Waals surface area contributed by atoms with Crippen molar-refractivity contribution in [3.05, 3.63) is 24.0 Å². The molecule has 2 N–H and O–H groups in total. The number of hydrogen-bond donors (Lipinski definition) is 1. The molecule has 0 bridgehead atoms. The smallest absolute Gasteiger partial charge is 0.137 e. The molecule has 0 atom stereocenters. The van der Waals surface area contributed by atoms with E-state index in [9.17, 15) is 0 Å². The fourth-order valence-corrected chi connectivity index (χ4v) is 1.49. The standard InChI is InChI=1S/C11H16N2O/c12-6-10-4-5-11(7-13-10)14-8-9-2-1-3-9/h4-5,7,9H,1-3,6,8,12H2. The van der Waals surface area contributed by atoms with Gasteiger partial charge in [0, 0.05) is 6.54 Å². The lowest BCUT2D eigenvalue weighted by molar-refractivity contribution is 0.180. The molecule has 1 aliphatic carbocycles. The zero-order valence-corrected chi connectivity index (χ0v) is 8.28. The molecule has 0 radical (unpaired) electrons. The SMILES string of the molecule is NCc1ccc(OCC2CCC2)cn1. The number of pyridine rings is 1. The van der Waals surface area contributed by atoms with Crippen LogP contribution in [0.3, 0.4) is 0 Å². The molecule has 0 amide bonds. The van der Waals surface area contributed by atoms with E-state index >= 15 is 0 Å². The Kier molecular flexibility index (Phi) is 2.99. The Morgan fingerprint density at radius 3 is 2.79 bits per heavy atom. The summed E-state index contributed by atoms with van der Waals surface area (Å²) in [4.78, 5) is 4.17. The summed E-state index contributed by atoms with van der Waals surface area (Å²) in [5.41, 5.74) is 6.35. The third kappa shape index (κ3) is 2.23. The zero-order valence-electron chi connectivity index (χ0n) is 8.28. The summed E-state index contributed by atoms with van der Waals surface area (Å²) < 4.78 is 5.61. The molecule has 0 saturated heterocycles. The van der Waals surface area contributed by atoms with Gasteiger partial charge in [0.2, 0.25) is 0 Å². The van der Waals surface area contributed by atoms with Crippen molar-refractivity contribution in [2.45, 2.75) is 25.8 Å². The highest BCUT2D eigenvalue weighted by Crippen LogP contribution is 2.26. The van der Waals surface area contributed by atoms with Gasteiger partial charge < -0.3 is 10.5 Å². The maximum atomic E-state index is 5.61. The molecule has 0 aliphatic heterocycles. The highest BCUT2D eigenvalue weighted by molar-refractivity contribution is 5.19. The monoisotopic (exact) mass is 192 g/mol. The molecule has 1 aliphatic rings. The van der Waals surface area contributed by atoms with Crippen LogP contribution in [0.15, 0.2) is 18.3 Å². The van der Waals surface area contributed by atoms with Crippen molar-refractivity contribution in [2.75, 3.05) is 6.61 Å². The van der Waals surface area contributed by atoms with Gasteiger partial charge in [-0.3, -0.25) is 4.98 Å². The van der Waals surface area contributed by atoms with Crippen LogP contribution in [-0.4, -0.2) is 11.6 Å². The average molecular weight is 192 g/mol. The fourth-order valence-electron chi connectivity index (χ4n) is 1.49. The molecule has 76 valence electrons. The zero-order chi connectivity index (χ0) is 9.80. The van der Waals surface area contributed by atoms with E-state index in [0.29, 0.717) is 6.54 Å². The summed E-state index contributed by atoms with van der Waals surface area (Å²) in [6.07, 6.45) is 5.74. The fraction of sp³-hybridized carbons (Fsp3) is 0.545. The summed E-state index contributed by atoms with van der Waals surface area (Å²) >= 11 is 0. The van der Waals surface area contributed by atoms with E-state index in [-0.39, 0.29) is 0 Å². The maximum absolute atomic E-state index is 5.61. The van der Waals surface area contributed by atoms with Gasteiger partial charge in [0.05, 0.1) is 18.5 Å². The highest BCUT2D eigenvalue weighted by atomic mass is 16.5. The molecule has 1 saturated carbocycles. The molecule has 2 rings (SSSR count). The minimum absolute atomic E-state index is 0.489. The second kappa shape index (κ2) is 4.42. The first-order valence-corrected chi connectivity index (χ1v) is 5.16. The molecule has 0 spiro atoms. The third-order valence-electron chi connectivity index (χ3n) is 2.72. The lowest BCUT2D eigenvalue weighted by Gasteiger charge is -2.24. The van der Waals surface area contributed by atoms with Crippen LogP contribution in [0.1, 0.15) is 25.0 Å². The Bertz CT molecular complexity index is 280. The van der Waals surface area contributed by atoms with Crippen molar-refractivity contribution in [1.29, 1.82) is 0 Å². The molecule has 1 aromatic heterocycles. The van der Waals surface area contributed by atoms with Crippen LogP contribution in [0.4, 0.5) is 0 Å². The Morgan fingerprint density at radius 1 is 1.43 bits per heavy atom. The van der Waals surface area contributed by atoms with Gasteiger partial charge in [-0.1, -0.05) is 6.42 Å². The van der Waals surface area contributed by atoms with E-state index in [1.165, 1.54) is 19.3 Å². The summed E-state index contributed by atoms with van der Waals surface area (Å²) in [6.45, 7) is 1.33. The molecule has 0 aromatic carbocycles. The molecule has 14 heavy (non-hydrogen) atoms. The van der Waals surface area contributed by atoms with E-state index in [4.69, 9.17) is 10.5 Å². The number of aromatic nitrogens is 1. The first kappa shape index (κ1) is 9.46. The molecule has 1 heterocycles. The van der Waals surface area contributed by atoms with Crippen molar-refractivity contribution >= 4 is 0 Å². The second-order valence-electron chi connectivity index (χ2n) is 3.80. The van der Waals surface area contributed by atoms with Crippen molar-refractivity contribution in [3.8, 4) is 5.75 Å². The lowest BCUT2D eigenvalue weighted by Crippen LogP contribution is -2.19. The molecule has 3 nitrogen and oxygen atoms in total. The largest absolute Gasteiger partial charge is 0.492 e. The van der Waals surface area contributed by atoms with E-state index in [2.05, 4.69) is 4.98 Å². The van der Waals surface area contributed by atoms with Gasteiger partial charge in [0.15, 0.2) is 0 Å². The lowest BCUT2D eigenvalue weighted by atomic mass is 9.86. The first-order chi connectivity index (χ1) is 6.88. The van der Waals surface area contributed by atoms with E-state index < -0.39 is 0 Å². The van der Waals surface area contributed by atoms with Gasteiger partial charge in [0.1, 0.15) is 5.75 Å². The van der Waals surface area contributed by atoms with Crippen LogP contribution in [-0.2, 0) is 6.54 Å². The summed E-state index contributed by atoms with van der Waals surface area (Å²) in [5, 5.41) is 0. The second-order valence-corrected chi connectivity index (χ2v) is 3.80. The van der Waals surface area contributed by atoms with Gasteiger partial charge in [-0.15, -0.1) is 0 Å². The number of nitrogens with two attached hydrogens (primary N) is 1. The Hall–Kier alpha value is -1.09. The van der Waals surface area contributed by atoms with Crippen molar-refractivity contribution in [1.82, 2.24) is 4.98 Å². The topological polar surface area (TPSA) is 48.1 Å². The van der Waals surface area contributed by atoms with Crippen LogP contribution in [0, 0.1) is 5.92 Å². The summed E-state index contributed by atoms with van der Waals surface area (Å²) in [7, 11) is 0. The van der Waals surface area contributed by atoms with E-state index in [1.54, 1.807) is 6.20 Å². The first-order valence-electron chi connectivity index (χ1n) is 5.16. The third-order valence-corrected chi connectivity index (χ3v) is 2.72. The predicted molar refractivity (Wildman–Crippen MR) is 55.0 cm³/mol. The average Bonchev–Trinajstić information content (AvgIpc) is 2.16. The Balaban J connectivity index is 1.83. The Labute approximate surface area is 84.3 Å². The summed E-state index contributed by atoms with van der Waals surface area (Å²) in [6, 6.07) is 3.85. The van der Waals surface area contributed by atoms with Crippen molar-refractivity contribution in [2.24, 2.45) is 11.7 Å². The maximum Gasteiger partial charge on any atom is 0.137 e.